The Kier molecular flexibility index (Phi) is 3.85. The van der Waals surface area contributed by atoms with Crippen LogP contribution in [0.3, 0.4) is 0 Å². The minimum Gasteiger partial charge on any atom is -0.329 e. The van der Waals surface area contributed by atoms with Crippen LogP contribution in [0, 0.1) is 18.8 Å². The van der Waals surface area contributed by atoms with Gasteiger partial charge in [-0.05, 0) is 37.8 Å². The largest absolute Gasteiger partial charge is 0.329 e. The highest BCUT2D eigenvalue weighted by molar-refractivity contribution is 5.25. The Labute approximate surface area is 105 Å². The van der Waals surface area contributed by atoms with E-state index >= 15 is 0 Å². The highest BCUT2D eigenvalue weighted by atomic mass is 15.1. The number of nitrogens with zero attached hydrogens (tertiary/aromatic N) is 1. The number of hydrogen-bond acceptors (Lipinski definition) is 2. The molecule has 1 aliphatic carbocycles. The molecule has 0 saturated heterocycles. The Balaban J connectivity index is 2.04. The molecule has 1 aromatic carbocycles. The average Bonchev–Trinajstić information content (AvgIpc) is 2.95. The molecule has 0 aliphatic heterocycles. The van der Waals surface area contributed by atoms with Crippen LogP contribution in [0.25, 0.3) is 0 Å². The molecule has 1 fully saturated rings. The first-order valence-corrected chi connectivity index (χ1v) is 6.58. The molecule has 94 valence electrons. The van der Waals surface area contributed by atoms with Gasteiger partial charge in [-0.1, -0.05) is 36.8 Å². The lowest BCUT2D eigenvalue weighted by molar-refractivity contribution is 0.237. The molecule has 0 spiro atoms. The van der Waals surface area contributed by atoms with Crippen molar-refractivity contribution in [2.75, 3.05) is 20.1 Å². The van der Waals surface area contributed by atoms with E-state index in [1.54, 1.807) is 0 Å². The van der Waals surface area contributed by atoms with E-state index in [0.29, 0.717) is 12.6 Å². The molecule has 2 rings (SSSR count). The van der Waals surface area contributed by atoms with Gasteiger partial charge in [0.15, 0.2) is 0 Å². The third-order valence-electron chi connectivity index (χ3n) is 3.98. The van der Waals surface area contributed by atoms with Gasteiger partial charge >= 0.3 is 0 Å². The van der Waals surface area contributed by atoms with Gasteiger partial charge in [-0.2, -0.15) is 0 Å². The zero-order valence-corrected chi connectivity index (χ0v) is 11.2. The molecule has 2 nitrogen and oxygen atoms in total. The van der Waals surface area contributed by atoms with Crippen molar-refractivity contribution in [1.29, 1.82) is 0 Å². The van der Waals surface area contributed by atoms with Crippen LogP contribution in [0.15, 0.2) is 24.3 Å². The normalized spacial score (nSPS) is 25.0. The number of aryl methyl sites for hydroxylation is 1. The van der Waals surface area contributed by atoms with Crippen LogP contribution in [0.5, 0.6) is 0 Å². The summed E-state index contributed by atoms with van der Waals surface area (Å²) in [5, 5.41) is 0. The minimum atomic E-state index is 0.364. The van der Waals surface area contributed by atoms with E-state index in [2.05, 4.69) is 50.1 Å². The van der Waals surface area contributed by atoms with Crippen LogP contribution in [0.4, 0.5) is 0 Å². The molecule has 1 saturated carbocycles. The van der Waals surface area contributed by atoms with Gasteiger partial charge in [0.1, 0.15) is 0 Å². The molecule has 2 heteroatoms. The van der Waals surface area contributed by atoms with Gasteiger partial charge in [-0.15, -0.1) is 0 Å². The monoisotopic (exact) mass is 232 g/mol. The maximum atomic E-state index is 5.94. The molecule has 2 N–H and O–H groups in total. The third kappa shape index (κ3) is 3.08. The summed E-state index contributed by atoms with van der Waals surface area (Å²) in [6, 6.07) is 9.07. The first kappa shape index (κ1) is 12.6. The van der Waals surface area contributed by atoms with Crippen LogP contribution >= 0.6 is 0 Å². The average molecular weight is 232 g/mol. The summed E-state index contributed by atoms with van der Waals surface area (Å²) in [5.41, 5.74) is 8.61. The molecule has 1 aromatic rings. The summed E-state index contributed by atoms with van der Waals surface area (Å²) in [7, 11) is 2.20. The van der Waals surface area contributed by atoms with E-state index in [1.807, 2.05) is 0 Å². The summed E-state index contributed by atoms with van der Waals surface area (Å²) in [5.74, 6) is 1.80. The number of rotatable bonds is 5. The lowest BCUT2D eigenvalue weighted by atomic mass is 10.0. The van der Waals surface area contributed by atoms with Crippen molar-refractivity contribution in [2.24, 2.45) is 17.6 Å². The van der Waals surface area contributed by atoms with Gasteiger partial charge in [-0.3, -0.25) is 4.90 Å². The smallest absolute Gasteiger partial charge is 0.0467 e. The number of likely N-dealkylation sites (N-methyl/N-ethyl adjacent to an activating group) is 1. The Morgan fingerprint density at radius 2 is 2.18 bits per heavy atom. The second-order valence-corrected chi connectivity index (χ2v) is 5.58. The zero-order chi connectivity index (χ0) is 12.4. The first-order valence-electron chi connectivity index (χ1n) is 6.58. The highest BCUT2D eigenvalue weighted by Gasteiger charge is 2.34. The predicted octanol–water partition coefficient (Wildman–Crippen LogP) is 2.58. The lowest BCUT2D eigenvalue weighted by Gasteiger charge is -2.27. The van der Waals surface area contributed by atoms with Gasteiger partial charge in [0.2, 0.25) is 0 Å². The van der Waals surface area contributed by atoms with Crippen LogP contribution in [-0.4, -0.2) is 25.0 Å². The molecule has 0 radical (unpaired) electrons. The van der Waals surface area contributed by atoms with Crippen molar-refractivity contribution < 1.29 is 0 Å². The predicted molar refractivity (Wildman–Crippen MR) is 72.9 cm³/mol. The van der Waals surface area contributed by atoms with Gasteiger partial charge in [0.05, 0.1) is 0 Å². The van der Waals surface area contributed by atoms with Crippen LogP contribution in [-0.2, 0) is 0 Å². The van der Waals surface area contributed by atoms with Crippen molar-refractivity contribution in [3.8, 4) is 0 Å². The lowest BCUT2D eigenvalue weighted by Crippen LogP contribution is -2.32. The molecule has 0 bridgehead atoms. The third-order valence-corrected chi connectivity index (χ3v) is 3.98. The highest BCUT2D eigenvalue weighted by Crippen LogP contribution is 2.39. The fourth-order valence-electron chi connectivity index (χ4n) is 2.60. The summed E-state index contributed by atoms with van der Waals surface area (Å²) in [4.78, 5) is 2.42. The number of hydrogen-bond donors (Lipinski definition) is 1. The van der Waals surface area contributed by atoms with E-state index in [0.717, 1.165) is 11.8 Å². The maximum Gasteiger partial charge on any atom is 0.0467 e. The fraction of sp³-hybridized carbons (Fsp3) is 0.600. The number of nitrogens with two attached hydrogens (primary N) is 1. The maximum absolute atomic E-state index is 5.94. The second-order valence-electron chi connectivity index (χ2n) is 5.58. The molecule has 3 unspecified atom stereocenters. The zero-order valence-electron chi connectivity index (χ0n) is 11.2. The van der Waals surface area contributed by atoms with E-state index in [-0.39, 0.29) is 0 Å². The quantitative estimate of drug-likeness (QED) is 0.845. The SMILES string of the molecule is Cc1cccc(C(CN)N(C)CC2CC2C)c1. The van der Waals surface area contributed by atoms with Crippen LogP contribution in [0.2, 0.25) is 0 Å². The molecular weight excluding hydrogens is 208 g/mol. The van der Waals surface area contributed by atoms with Crippen LogP contribution < -0.4 is 5.73 Å². The molecular formula is C15H24N2. The minimum absolute atomic E-state index is 0.364. The summed E-state index contributed by atoms with van der Waals surface area (Å²) < 4.78 is 0. The number of benzene rings is 1. The molecule has 1 aliphatic rings. The molecule has 0 amide bonds. The Morgan fingerprint density at radius 1 is 1.47 bits per heavy atom. The van der Waals surface area contributed by atoms with E-state index in [9.17, 15) is 0 Å². The van der Waals surface area contributed by atoms with Crippen LogP contribution in [0.1, 0.15) is 30.5 Å². The fourth-order valence-corrected chi connectivity index (χ4v) is 2.60. The van der Waals surface area contributed by atoms with Crippen molar-refractivity contribution >= 4 is 0 Å². The van der Waals surface area contributed by atoms with Gasteiger partial charge in [-0.25, -0.2) is 0 Å². The summed E-state index contributed by atoms with van der Waals surface area (Å²) in [6.45, 7) is 6.35. The van der Waals surface area contributed by atoms with Gasteiger partial charge < -0.3 is 5.73 Å². The van der Waals surface area contributed by atoms with Crippen molar-refractivity contribution in [3.05, 3.63) is 35.4 Å². The first-order chi connectivity index (χ1) is 8.11. The molecule has 0 aromatic heterocycles. The van der Waals surface area contributed by atoms with Gasteiger partial charge in [0, 0.05) is 19.1 Å². The Hall–Kier alpha value is -0.860. The van der Waals surface area contributed by atoms with E-state index in [4.69, 9.17) is 5.73 Å². The van der Waals surface area contributed by atoms with E-state index < -0.39 is 0 Å². The summed E-state index contributed by atoms with van der Waals surface area (Å²) in [6.07, 6.45) is 1.38. The van der Waals surface area contributed by atoms with Crippen molar-refractivity contribution in [2.45, 2.75) is 26.3 Å². The molecule has 17 heavy (non-hydrogen) atoms. The summed E-state index contributed by atoms with van der Waals surface area (Å²) >= 11 is 0. The van der Waals surface area contributed by atoms with E-state index in [1.165, 1.54) is 24.1 Å². The van der Waals surface area contributed by atoms with Crippen molar-refractivity contribution in [3.63, 3.8) is 0 Å². The standard InChI is InChI=1S/C15H24N2/c1-11-5-4-6-13(7-11)15(9-16)17(3)10-14-8-12(14)2/h4-7,12,14-15H,8-10,16H2,1-3H3. The second kappa shape index (κ2) is 5.19. The molecule has 0 heterocycles. The van der Waals surface area contributed by atoms with Gasteiger partial charge in [0.25, 0.3) is 0 Å². The Bertz CT molecular complexity index is 375. The Morgan fingerprint density at radius 3 is 2.71 bits per heavy atom. The molecule has 3 atom stereocenters. The van der Waals surface area contributed by atoms with Crippen molar-refractivity contribution in [1.82, 2.24) is 4.90 Å². The topological polar surface area (TPSA) is 29.3 Å².